The van der Waals surface area contributed by atoms with Gasteiger partial charge in [-0.2, -0.15) is 0 Å². The van der Waals surface area contributed by atoms with E-state index in [0.717, 1.165) is 25.7 Å². The number of ether oxygens (including phenoxy) is 2. The van der Waals surface area contributed by atoms with E-state index in [1.807, 2.05) is 19.9 Å². The van der Waals surface area contributed by atoms with Gasteiger partial charge < -0.3 is 14.6 Å². The first-order valence-electron chi connectivity index (χ1n) is 11.3. The molecule has 30 heavy (non-hydrogen) atoms. The molecule has 164 valence electrons. The van der Waals surface area contributed by atoms with Crippen molar-refractivity contribution in [3.8, 4) is 0 Å². The minimum atomic E-state index is -1.49. The number of carbonyl (C=O) groups excluding carboxylic acids is 3. The van der Waals surface area contributed by atoms with Crippen LogP contribution in [0.3, 0.4) is 0 Å². The fraction of sp³-hybridized carbons (Fsp3) is 0.792. The molecule has 8 atom stereocenters. The van der Waals surface area contributed by atoms with E-state index < -0.39 is 22.8 Å². The normalized spacial score (nSPS) is 51.1. The van der Waals surface area contributed by atoms with Crippen LogP contribution in [0.4, 0.5) is 0 Å². The molecule has 1 aliphatic heterocycles. The van der Waals surface area contributed by atoms with E-state index in [1.54, 1.807) is 0 Å². The molecule has 4 fully saturated rings. The Hall–Kier alpha value is -1.53. The van der Waals surface area contributed by atoms with Gasteiger partial charge in [-0.05, 0) is 56.4 Å². The van der Waals surface area contributed by atoms with E-state index in [2.05, 4.69) is 6.92 Å². The molecular weight excluding hydrogens is 384 g/mol. The van der Waals surface area contributed by atoms with Crippen LogP contribution in [0.2, 0.25) is 0 Å². The van der Waals surface area contributed by atoms with Gasteiger partial charge in [-0.1, -0.05) is 26.3 Å². The summed E-state index contributed by atoms with van der Waals surface area (Å²) >= 11 is 0. The molecular formula is C24H32O6. The van der Waals surface area contributed by atoms with E-state index in [4.69, 9.17) is 9.47 Å². The minimum Gasteiger partial charge on any atom is -0.458 e. The van der Waals surface area contributed by atoms with E-state index in [9.17, 15) is 19.5 Å². The zero-order valence-corrected chi connectivity index (χ0v) is 18.3. The van der Waals surface area contributed by atoms with Gasteiger partial charge in [0.2, 0.25) is 5.78 Å². The molecule has 3 saturated carbocycles. The van der Waals surface area contributed by atoms with Crippen LogP contribution in [0, 0.1) is 28.6 Å². The lowest BCUT2D eigenvalue weighted by atomic mass is 9.45. The summed E-state index contributed by atoms with van der Waals surface area (Å²) < 4.78 is 11.5. The van der Waals surface area contributed by atoms with Crippen molar-refractivity contribution >= 4 is 17.5 Å². The molecule has 0 amide bonds. The number of fused-ring (bicyclic) bond motifs is 3. The van der Waals surface area contributed by atoms with Crippen molar-refractivity contribution < 1.29 is 29.0 Å². The quantitative estimate of drug-likeness (QED) is 0.562. The summed E-state index contributed by atoms with van der Waals surface area (Å²) in [7, 11) is 0. The number of Topliss-reactive ketones (excluding diaryl/α,β-unsaturated/α-hetero) is 1. The Balaban J connectivity index is 1.49. The molecule has 1 spiro atoms. The number of ketones is 2. The van der Waals surface area contributed by atoms with Crippen LogP contribution in [0.15, 0.2) is 11.6 Å². The van der Waals surface area contributed by atoms with Crippen LogP contribution in [0.5, 0.6) is 0 Å². The molecule has 0 bridgehead atoms. The van der Waals surface area contributed by atoms with Crippen molar-refractivity contribution in [2.75, 3.05) is 6.61 Å². The zero-order valence-electron chi connectivity index (χ0n) is 18.3. The summed E-state index contributed by atoms with van der Waals surface area (Å²) in [5.41, 5.74) is -1.28. The van der Waals surface area contributed by atoms with Crippen LogP contribution in [-0.2, 0) is 23.9 Å². The predicted octanol–water partition coefficient (Wildman–Crippen LogP) is 2.76. The lowest BCUT2D eigenvalue weighted by Crippen LogP contribution is -2.62. The number of rotatable bonds is 3. The summed E-state index contributed by atoms with van der Waals surface area (Å²) in [6.45, 7) is 7.20. The maximum absolute atomic E-state index is 13.0. The highest BCUT2D eigenvalue weighted by Crippen LogP contribution is 2.76. The van der Waals surface area contributed by atoms with Gasteiger partial charge in [0, 0.05) is 23.7 Å². The molecule has 6 heteroatoms. The smallest absolute Gasteiger partial charge is 0.303 e. The number of hydrogen-bond donors (Lipinski definition) is 1. The molecule has 1 saturated heterocycles. The third-order valence-electron chi connectivity index (χ3n) is 9.66. The summed E-state index contributed by atoms with van der Waals surface area (Å²) in [5.74, 6) is -0.249. The van der Waals surface area contributed by atoms with Crippen LogP contribution in [0.25, 0.3) is 0 Å². The van der Waals surface area contributed by atoms with Crippen LogP contribution in [0.1, 0.15) is 66.2 Å². The fourth-order valence-corrected chi connectivity index (χ4v) is 8.09. The SMILES string of the molecule is CC(=O)OCC(=O)[C@@]1(O)CC[C@@H]2[C@@H]3CCC4=CC(=O)[C@H](C)C[C@]4(C)[C@]34O[C@H]4C[C@@]21C. The van der Waals surface area contributed by atoms with Crippen LogP contribution in [-0.4, -0.2) is 46.6 Å². The molecule has 0 radical (unpaired) electrons. The van der Waals surface area contributed by atoms with Crippen LogP contribution >= 0.6 is 0 Å². The predicted molar refractivity (Wildman–Crippen MR) is 107 cm³/mol. The monoisotopic (exact) mass is 416 g/mol. The van der Waals surface area contributed by atoms with Gasteiger partial charge >= 0.3 is 5.97 Å². The van der Waals surface area contributed by atoms with Crippen molar-refractivity contribution in [3.63, 3.8) is 0 Å². The van der Waals surface area contributed by atoms with Gasteiger partial charge in [-0.15, -0.1) is 0 Å². The van der Waals surface area contributed by atoms with Gasteiger partial charge in [-0.25, -0.2) is 0 Å². The number of esters is 1. The molecule has 5 rings (SSSR count). The molecule has 0 aromatic heterocycles. The topological polar surface area (TPSA) is 93.2 Å². The van der Waals surface area contributed by atoms with Crippen molar-refractivity contribution in [2.45, 2.75) is 83.5 Å². The van der Waals surface area contributed by atoms with Gasteiger partial charge in [0.15, 0.2) is 12.4 Å². The van der Waals surface area contributed by atoms with Crippen molar-refractivity contribution in [1.82, 2.24) is 0 Å². The first-order valence-corrected chi connectivity index (χ1v) is 11.3. The second-order valence-corrected chi connectivity index (χ2v) is 10.9. The summed E-state index contributed by atoms with van der Waals surface area (Å²) in [5, 5.41) is 11.6. The molecule has 1 heterocycles. The molecule has 5 aliphatic rings. The first kappa shape index (κ1) is 20.4. The Kier molecular flexibility index (Phi) is 4.10. The average Bonchev–Trinajstić information content (AvgIpc) is 3.33. The molecule has 6 nitrogen and oxygen atoms in total. The second kappa shape index (κ2) is 6.04. The van der Waals surface area contributed by atoms with E-state index in [0.29, 0.717) is 12.8 Å². The Morgan fingerprint density at radius 2 is 1.97 bits per heavy atom. The zero-order chi connectivity index (χ0) is 21.7. The number of hydrogen-bond acceptors (Lipinski definition) is 6. The van der Waals surface area contributed by atoms with Crippen LogP contribution < -0.4 is 0 Å². The molecule has 0 unspecified atom stereocenters. The fourth-order valence-electron chi connectivity index (χ4n) is 8.09. The number of aliphatic hydroxyl groups is 1. The second-order valence-electron chi connectivity index (χ2n) is 10.9. The third kappa shape index (κ3) is 2.24. The first-order chi connectivity index (χ1) is 14.0. The van der Waals surface area contributed by atoms with E-state index >= 15 is 0 Å². The molecule has 0 aromatic carbocycles. The highest BCUT2D eigenvalue weighted by atomic mass is 16.6. The van der Waals surface area contributed by atoms with Gasteiger partial charge in [0.1, 0.15) is 11.2 Å². The maximum Gasteiger partial charge on any atom is 0.303 e. The summed E-state index contributed by atoms with van der Waals surface area (Å²) in [4.78, 5) is 36.5. The number of epoxide rings is 1. The highest BCUT2D eigenvalue weighted by Gasteiger charge is 2.81. The average molecular weight is 417 g/mol. The summed E-state index contributed by atoms with van der Waals surface area (Å²) in [6.07, 6.45) is 6.28. The maximum atomic E-state index is 13.0. The molecule has 1 N–H and O–H groups in total. The molecule has 4 aliphatic carbocycles. The minimum absolute atomic E-state index is 0.00384. The van der Waals surface area contributed by atoms with E-state index in [-0.39, 0.29) is 47.3 Å². The number of carbonyl (C=O) groups is 3. The Labute approximate surface area is 177 Å². The van der Waals surface area contributed by atoms with Gasteiger partial charge in [-0.3, -0.25) is 14.4 Å². The standard InChI is InChI=1S/C24H32O6/c1-13-10-21(3)15(9-18(13)26)5-6-17-16-7-8-23(28,19(27)12-29-14(2)25)22(16,4)11-20-24(17,21)30-20/h9,13,16-17,20,28H,5-8,10-12H2,1-4H3/t13-,16-,17+,20+,21+,22+,23+,24+/m1/s1. The summed E-state index contributed by atoms with van der Waals surface area (Å²) in [6, 6.07) is 0. The lowest BCUT2D eigenvalue weighted by molar-refractivity contribution is -0.166. The van der Waals surface area contributed by atoms with Crippen molar-refractivity contribution in [3.05, 3.63) is 11.6 Å². The highest BCUT2D eigenvalue weighted by molar-refractivity contribution is 5.94. The van der Waals surface area contributed by atoms with Gasteiger partial charge in [0.25, 0.3) is 0 Å². The largest absolute Gasteiger partial charge is 0.458 e. The lowest BCUT2D eigenvalue weighted by Gasteiger charge is -2.57. The van der Waals surface area contributed by atoms with Crippen molar-refractivity contribution in [1.29, 1.82) is 0 Å². The van der Waals surface area contributed by atoms with E-state index in [1.165, 1.54) is 12.5 Å². The van der Waals surface area contributed by atoms with Crippen molar-refractivity contribution in [2.24, 2.45) is 28.6 Å². The Morgan fingerprint density at radius 3 is 2.67 bits per heavy atom. The van der Waals surface area contributed by atoms with Gasteiger partial charge in [0.05, 0.1) is 6.10 Å². The molecule has 0 aromatic rings. The Morgan fingerprint density at radius 1 is 1.23 bits per heavy atom. The third-order valence-corrected chi connectivity index (χ3v) is 9.66. The Bertz CT molecular complexity index is 877.